The van der Waals surface area contributed by atoms with E-state index in [-0.39, 0.29) is 0 Å². The maximum absolute atomic E-state index is 4.57. The van der Waals surface area contributed by atoms with E-state index in [9.17, 15) is 0 Å². The predicted octanol–water partition coefficient (Wildman–Crippen LogP) is 2.77. The third kappa shape index (κ3) is 2.62. The first-order valence-electron chi connectivity index (χ1n) is 8.46. The van der Waals surface area contributed by atoms with Crippen LogP contribution in [0.25, 0.3) is 5.78 Å². The molecule has 0 bridgehead atoms. The Morgan fingerprint density at radius 1 is 1.17 bits per heavy atom. The zero-order valence-electron chi connectivity index (χ0n) is 14.3. The lowest BCUT2D eigenvalue weighted by atomic mass is 9.84. The van der Waals surface area contributed by atoms with E-state index in [4.69, 9.17) is 0 Å². The summed E-state index contributed by atoms with van der Waals surface area (Å²) in [6.07, 6.45) is 4.61. The Bertz CT molecular complexity index is 871. The zero-order chi connectivity index (χ0) is 16.7. The van der Waals surface area contributed by atoms with Crippen molar-refractivity contribution in [1.82, 2.24) is 24.6 Å². The number of anilines is 1. The Morgan fingerprint density at radius 2 is 2.04 bits per heavy atom. The third-order valence-electron chi connectivity index (χ3n) is 4.97. The van der Waals surface area contributed by atoms with Crippen LogP contribution in [-0.2, 0) is 0 Å². The molecule has 6 heteroatoms. The molecule has 3 aromatic heterocycles. The number of aromatic nitrogens is 5. The Kier molecular flexibility index (Phi) is 3.67. The average Bonchev–Trinajstić information content (AvgIpc) is 3.03. The van der Waals surface area contributed by atoms with Crippen LogP contribution in [0.1, 0.15) is 36.2 Å². The van der Waals surface area contributed by atoms with E-state index in [1.807, 2.05) is 23.7 Å². The fourth-order valence-electron chi connectivity index (χ4n) is 3.58. The van der Waals surface area contributed by atoms with Crippen LogP contribution in [0.15, 0.2) is 30.7 Å². The highest BCUT2D eigenvalue weighted by atomic mass is 15.3. The quantitative estimate of drug-likeness (QED) is 0.726. The minimum atomic E-state index is 0.381. The van der Waals surface area contributed by atoms with Crippen LogP contribution in [0.2, 0.25) is 0 Å². The lowest BCUT2D eigenvalue weighted by Crippen LogP contribution is -2.39. The second kappa shape index (κ2) is 5.85. The van der Waals surface area contributed by atoms with Crippen LogP contribution in [0.4, 0.5) is 5.82 Å². The summed E-state index contributed by atoms with van der Waals surface area (Å²) in [5.41, 5.74) is 3.43. The maximum atomic E-state index is 4.57. The molecule has 4 rings (SSSR count). The molecule has 0 amide bonds. The highest BCUT2D eigenvalue weighted by molar-refractivity contribution is 5.43. The van der Waals surface area contributed by atoms with Gasteiger partial charge in [-0.15, -0.1) is 0 Å². The molecular formula is C18H22N6. The van der Waals surface area contributed by atoms with Crippen molar-refractivity contribution in [3.8, 4) is 0 Å². The van der Waals surface area contributed by atoms with E-state index in [1.54, 1.807) is 6.33 Å². The van der Waals surface area contributed by atoms with Gasteiger partial charge in [-0.05, 0) is 49.9 Å². The fourth-order valence-corrected chi connectivity index (χ4v) is 3.58. The first-order valence-corrected chi connectivity index (χ1v) is 8.46. The van der Waals surface area contributed by atoms with Crippen molar-refractivity contribution in [2.75, 3.05) is 18.0 Å². The lowest BCUT2D eigenvalue weighted by molar-refractivity contribution is 0.367. The summed E-state index contributed by atoms with van der Waals surface area (Å²) < 4.78 is 1.89. The van der Waals surface area contributed by atoms with Gasteiger partial charge in [-0.25, -0.2) is 14.5 Å². The SMILES string of the molecule is Cc1ccnc(N2CC[C@@H](C)[C@H](c3cc(C)nc4ncnn34)C2)c1. The minimum absolute atomic E-state index is 0.381. The summed E-state index contributed by atoms with van der Waals surface area (Å²) in [4.78, 5) is 15.7. The zero-order valence-corrected chi connectivity index (χ0v) is 14.3. The van der Waals surface area contributed by atoms with Gasteiger partial charge in [0.05, 0.1) is 5.69 Å². The summed E-state index contributed by atoms with van der Waals surface area (Å²) >= 11 is 0. The molecule has 2 atom stereocenters. The minimum Gasteiger partial charge on any atom is -0.356 e. The molecule has 6 nitrogen and oxygen atoms in total. The van der Waals surface area contributed by atoms with E-state index < -0.39 is 0 Å². The van der Waals surface area contributed by atoms with Crippen LogP contribution in [0.3, 0.4) is 0 Å². The molecule has 4 heterocycles. The summed E-state index contributed by atoms with van der Waals surface area (Å²) in [7, 11) is 0. The number of aryl methyl sites for hydroxylation is 2. The number of hydrogen-bond donors (Lipinski definition) is 0. The molecule has 3 aromatic rings. The molecular weight excluding hydrogens is 300 g/mol. The van der Waals surface area contributed by atoms with Gasteiger partial charge in [-0.2, -0.15) is 10.1 Å². The van der Waals surface area contributed by atoms with Crippen molar-refractivity contribution in [3.05, 3.63) is 47.7 Å². The van der Waals surface area contributed by atoms with Crippen LogP contribution < -0.4 is 4.90 Å². The van der Waals surface area contributed by atoms with Gasteiger partial charge in [-0.3, -0.25) is 0 Å². The molecule has 0 N–H and O–H groups in total. The van der Waals surface area contributed by atoms with Crippen molar-refractivity contribution in [3.63, 3.8) is 0 Å². The molecule has 0 saturated carbocycles. The molecule has 124 valence electrons. The number of nitrogens with zero attached hydrogens (tertiary/aromatic N) is 6. The Balaban J connectivity index is 1.72. The molecule has 0 unspecified atom stereocenters. The fraction of sp³-hybridized carbons (Fsp3) is 0.444. The van der Waals surface area contributed by atoms with Gasteiger partial charge in [0, 0.05) is 30.9 Å². The van der Waals surface area contributed by atoms with Crippen LogP contribution >= 0.6 is 0 Å². The number of pyridine rings is 1. The average molecular weight is 322 g/mol. The molecule has 0 radical (unpaired) electrons. The molecule has 0 aromatic carbocycles. The highest BCUT2D eigenvalue weighted by Crippen LogP contribution is 2.34. The van der Waals surface area contributed by atoms with Crippen molar-refractivity contribution in [1.29, 1.82) is 0 Å². The second-order valence-corrected chi connectivity index (χ2v) is 6.80. The van der Waals surface area contributed by atoms with Gasteiger partial charge in [0.2, 0.25) is 0 Å². The van der Waals surface area contributed by atoms with E-state index >= 15 is 0 Å². The predicted molar refractivity (Wildman–Crippen MR) is 93.2 cm³/mol. The smallest absolute Gasteiger partial charge is 0.252 e. The summed E-state index contributed by atoms with van der Waals surface area (Å²) in [5.74, 6) is 2.71. The Morgan fingerprint density at radius 3 is 2.88 bits per heavy atom. The van der Waals surface area contributed by atoms with E-state index in [1.165, 1.54) is 11.3 Å². The van der Waals surface area contributed by atoms with Gasteiger partial charge >= 0.3 is 0 Å². The summed E-state index contributed by atoms with van der Waals surface area (Å²) in [6, 6.07) is 6.35. The molecule has 0 aliphatic carbocycles. The third-order valence-corrected chi connectivity index (χ3v) is 4.97. The van der Waals surface area contributed by atoms with E-state index in [2.05, 4.69) is 50.9 Å². The van der Waals surface area contributed by atoms with Gasteiger partial charge in [0.15, 0.2) is 0 Å². The van der Waals surface area contributed by atoms with Crippen LogP contribution in [-0.4, -0.2) is 37.7 Å². The second-order valence-electron chi connectivity index (χ2n) is 6.80. The Hall–Kier alpha value is -2.50. The summed E-state index contributed by atoms with van der Waals surface area (Å²) in [5, 5.41) is 4.39. The molecule has 1 aliphatic heterocycles. The molecule has 0 spiro atoms. The maximum Gasteiger partial charge on any atom is 0.252 e. The molecule has 24 heavy (non-hydrogen) atoms. The molecule has 1 aliphatic rings. The van der Waals surface area contributed by atoms with Gasteiger partial charge in [0.1, 0.15) is 12.1 Å². The van der Waals surface area contributed by atoms with Crippen molar-refractivity contribution in [2.45, 2.75) is 33.1 Å². The summed E-state index contributed by atoms with van der Waals surface area (Å²) in [6.45, 7) is 8.44. The number of rotatable bonds is 2. The molecule has 1 saturated heterocycles. The van der Waals surface area contributed by atoms with E-state index in [0.717, 1.165) is 31.0 Å². The number of piperidine rings is 1. The molecule has 1 fully saturated rings. The largest absolute Gasteiger partial charge is 0.356 e. The van der Waals surface area contributed by atoms with Crippen molar-refractivity contribution in [2.24, 2.45) is 5.92 Å². The van der Waals surface area contributed by atoms with Crippen LogP contribution in [0, 0.1) is 19.8 Å². The number of fused-ring (bicyclic) bond motifs is 1. The van der Waals surface area contributed by atoms with Gasteiger partial charge in [-0.1, -0.05) is 6.92 Å². The first kappa shape index (κ1) is 15.1. The standard InChI is InChI=1S/C18H22N6/c1-12-4-6-19-17(8-12)23-7-5-13(2)15(10-23)16-9-14(3)22-18-20-11-21-24(16)18/h4,6,8-9,11,13,15H,5,7,10H2,1-3H3/t13-,15-/m1/s1. The topological polar surface area (TPSA) is 59.2 Å². The van der Waals surface area contributed by atoms with Gasteiger partial charge < -0.3 is 4.90 Å². The highest BCUT2D eigenvalue weighted by Gasteiger charge is 2.30. The first-order chi connectivity index (χ1) is 11.6. The Labute approximate surface area is 141 Å². The monoisotopic (exact) mass is 322 g/mol. The van der Waals surface area contributed by atoms with Crippen molar-refractivity contribution < 1.29 is 0 Å². The van der Waals surface area contributed by atoms with Gasteiger partial charge in [0.25, 0.3) is 5.78 Å². The lowest BCUT2D eigenvalue weighted by Gasteiger charge is -2.38. The van der Waals surface area contributed by atoms with Crippen molar-refractivity contribution >= 4 is 11.6 Å². The van der Waals surface area contributed by atoms with E-state index in [0.29, 0.717) is 17.6 Å². The normalized spacial score (nSPS) is 21.4. The number of hydrogen-bond acceptors (Lipinski definition) is 5. The van der Waals surface area contributed by atoms with Crippen LogP contribution in [0.5, 0.6) is 0 Å².